The van der Waals surface area contributed by atoms with Crippen molar-refractivity contribution in [1.29, 1.82) is 0 Å². The fraction of sp³-hybridized carbons (Fsp3) is 0.538. The molecule has 0 amide bonds. The summed E-state index contributed by atoms with van der Waals surface area (Å²) in [5.74, 6) is 1.86. The van der Waals surface area contributed by atoms with E-state index in [-0.39, 0.29) is 5.75 Å². The Balaban J connectivity index is 1.78. The van der Waals surface area contributed by atoms with Crippen molar-refractivity contribution < 1.29 is 5.11 Å². The van der Waals surface area contributed by atoms with Gasteiger partial charge in [0.1, 0.15) is 5.75 Å². The lowest BCUT2D eigenvalue weighted by molar-refractivity contribution is 0.460. The summed E-state index contributed by atoms with van der Waals surface area (Å²) < 4.78 is 0. The van der Waals surface area contributed by atoms with Crippen molar-refractivity contribution in [2.75, 3.05) is 6.54 Å². The monoisotopic (exact) mass is 239 g/mol. The molecule has 0 bridgehead atoms. The maximum atomic E-state index is 9.29. The summed E-state index contributed by atoms with van der Waals surface area (Å²) in [5.41, 5.74) is 1.12. The molecule has 2 rings (SSSR count). The van der Waals surface area contributed by atoms with E-state index in [9.17, 15) is 5.11 Å². The van der Waals surface area contributed by atoms with Crippen molar-refractivity contribution in [1.82, 2.24) is 5.32 Å². The largest absolute Gasteiger partial charge is 0.506 e. The molecule has 1 aromatic carbocycles. The topological polar surface area (TPSA) is 32.3 Å². The van der Waals surface area contributed by atoms with Crippen LogP contribution >= 0.6 is 11.6 Å². The van der Waals surface area contributed by atoms with Gasteiger partial charge in [-0.3, -0.25) is 0 Å². The molecule has 1 atom stereocenters. The molecule has 1 aromatic rings. The van der Waals surface area contributed by atoms with E-state index >= 15 is 0 Å². The van der Waals surface area contributed by atoms with Gasteiger partial charge in [-0.25, -0.2) is 0 Å². The molecule has 1 saturated carbocycles. The Kier molecular flexibility index (Phi) is 3.72. The zero-order valence-electron chi connectivity index (χ0n) is 9.54. The van der Waals surface area contributed by atoms with Crippen molar-refractivity contribution >= 4 is 11.6 Å². The summed E-state index contributed by atoms with van der Waals surface area (Å²) in [7, 11) is 0. The molecule has 1 aliphatic rings. The zero-order valence-corrected chi connectivity index (χ0v) is 10.3. The molecule has 2 N–H and O–H groups in total. The van der Waals surface area contributed by atoms with Crippen LogP contribution in [0.3, 0.4) is 0 Å². The summed E-state index contributed by atoms with van der Waals surface area (Å²) in [6.07, 6.45) is 2.79. The number of aromatic hydroxyl groups is 1. The second-order valence-electron chi connectivity index (χ2n) is 4.73. The molecule has 0 aromatic heterocycles. The van der Waals surface area contributed by atoms with Gasteiger partial charge in [-0.15, -0.1) is 0 Å². The van der Waals surface area contributed by atoms with Gasteiger partial charge < -0.3 is 10.4 Å². The lowest BCUT2D eigenvalue weighted by atomic mass is 10.1. The number of phenols is 1. The van der Waals surface area contributed by atoms with Gasteiger partial charge in [0, 0.05) is 6.54 Å². The first-order valence-corrected chi connectivity index (χ1v) is 6.22. The molecule has 16 heavy (non-hydrogen) atoms. The Morgan fingerprint density at radius 1 is 1.50 bits per heavy atom. The number of nitrogens with one attached hydrogen (secondary N) is 1. The number of halogens is 1. The molecule has 0 saturated heterocycles. The van der Waals surface area contributed by atoms with Gasteiger partial charge in [0.05, 0.1) is 5.02 Å². The standard InChI is InChI=1S/C13H18ClNO/c1-9(11-3-4-11)7-15-8-10-2-5-13(16)12(14)6-10/h2,5-6,9,11,15-16H,3-4,7-8H2,1H3. The van der Waals surface area contributed by atoms with Crippen molar-refractivity contribution in [2.45, 2.75) is 26.3 Å². The van der Waals surface area contributed by atoms with Gasteiger partial charge in [-0.05, 0) is 48.9 Å². The molecule has 0 aliphatic heterocycles. The summed E-state index contributed by atoms with van der Waals surface area (Å²) in [4.78, 5) is 0. The first-order valence-electron chi connectivity index (χ1n) is 5.85. The highest BCUT2D eigenvalue weighted by molar-refractivity contribution is 6.32. The number of phenolic OH excluding ortho intramolecular Hbond substituents is 1. The number of rotatable bonds is 5. The summed E-state index contributed by atoms with van der Waals surface area (Å²) >= 11 is 5.84. The Bertz CT molecular complexity index is 363. The van der Waals surface area contributed by atoms with Crippen LogP contribution in [-0.4, -0.2) is 11.7 Å². The Hall–Kier alpha value is -0.730. The minimum absolute atomic E-state index is 0.150. The van der Waals surface area contributed by atoms with Crippen molar-refractivity contribution in [3.8, 4) is 5.75 Å². The molecule has 3 heteroatoms. The average Bonchev–Trinajstić information content (AvgIpc) is 3.07. The van der Waals surface area contributed by atoms with Crippen LogP contribution in [-0.2, 0) is 6.54 Å². The first kappa shape index (κ1) is 11.7. The van der Waals surface area contributed by atoms with Crippen LogP contribution in [0.2, 0.25) is 5.02 Å². The third kappa shape index (κ3) is 3.13. The van der Waals surface area contributed by atoms with Crippen LogP contribution in [0.25, 0.3) is 0 Å². The predicted octanol–water partition coefficient (Wildman–Crippen LogP) is 3.18. The lowest BCUT2D eigenvalue weighted by Gasteiger charge is -2.11. The molecule has 1 fully saturated rings. The SMILES string of the molecule is CC(CNCc1ccc(O)c(Cl)c1)C1CC1. The predicted molar refractivity (Wildman–Crippen MR) is 66.7 cm³/mol. The smallest absolute Gasteiger partial charge is 0.134 e. The highest BCUT2D eigenvalue weighted by atomic mass is 35.5. The highest BCUT2D eigenvalue weighted by Gasteiger charge is 2.27. The highest BCUT2D eigenvalue weighted by Crippen LogP contribution is 2.36. The van der Waals surface area contributed by atoms with Crippen molar-refractivity contribution in [3.05, 3.63) is 28.8 Å². The second-order valence-corrected chi connectivity index (χ2v) is 5.14. The quantitative estimate of drug-likeness (QED) is 0.827. The van der Waals surface area contributed by atoms with Gasteiger partial charge in [-0.2, -0.15) is 0 Å². The molecule has 2 nitrogen and oxygen atoms in total. The maximum Gasteiger partial charge on any atom is 0.134 e. The molecule has 88 valence electrons. The van der Waals surface area contributed by atoms with Crippen LogP contribution in [0.5, 0.6) is 5.75 Å². The fourth-order valence-corrected chi connectivity index (χ4v) is 2.14. The Morgan fingerprint density at radius 2 is 2.25 bits per heavy atom. The van der Waals surface area contributed by atoms with Gasteiger partial charge in [0.2, 0.25) is 0 Å². The van der Waals surface area contributed by atoms with Gasteiger partial charge in [0.25, 0.3) is 0 Å². The molecular formula is C13H18ClNO. The zero-order chi connectivity index (χ0) is 11.5. The van der Waals surface area contributed by atoms with Gasteiger partial charge in [0.15, 0.2) is 0 Å². The first-order chi connectivity index (χ1) is 7.66. The van der Waals surface area contributed by atoms with E-state index in [2.05, 4.69) is 12.2 Å². The van der Waals surface area contributed by atoms with Crippen LogP contribution in [0, 0.1) is 11.8 Å². The third-order valence-corrected chi connectivity index (χ3v) is 3.54. The van der Waals surface area contributed by atoms with E-state index in [0.29, 0.717) is 5.02 Å². The Labute approximate surface area is 102 Å². The third-order valence-electron chi connectivity index (χ3n) is 3.23. The number of hydrogen-bond donors (Lipinski definition) is 2. The van der Waals surface area contributed by atoms with Crippen LogP contribution in [0.15, 0.2) is 18.2 Å². The van der Waals surface area contributed by atoms with E-state index in [4.69, 9.17) is 11.6 Å². The fourth-order valence-electron chi connectivity index (χ4n) is 1.94. The molecule has 0 spiro atoms. The normalized spacial score (nSPS) is 17.4. The Morgan fingerprint density at radius 3 is 2.88 bits per heavy atom. The van der Waals surface area contributed by atoms with Gasteiger partial charge in [-0.1, -0.05) is 24.6 Å². The van der Waals surface area contributed by atoms with Crippen LogP contribution in [0.1, 0.15) is 25.3 Å². The van der Waals surface area contributed by atoms with E-state index in [1.807, 2.05) is 12.1 Å². The van der Waals surface area contributed by atoms with E-state index < -0.39 is 0 Å². The van der Waals surface area contributed by atoms with Crippen LogP contribution in [0.4, 0.5) is 0 Å². The molecule has 0 radical (unpaired) electrons. The maximum absolute atomic E-state index is 9.29. The van der Waals surface area contributed by atoms with Gasteiger partial charge >= 0.3 is 0 Å². The molecular weight excluding hydrogens is 222 g/mol. The molecule has 1 aliphatic carbocycles. The van der Waals surface area contributed by atoms with E-state index in [0.717, 1.165) is 30.5 Å². The van der Waals surface area contributed by atoms with Crippen molar-refractivity contribution in [2.24, 2.45) is 11.8 Å². The minimum atomic E-state index is 0.150. The second kappa shape index (κ2) is 5.07. The van der Waals surface area contributed by atoms with Crippen LogP contribution < -0.4 is 5.32 Å². The lowest BCUT2D eigenvalue weighted by Crippen LogP contribution is -2.21. The molecule has 0 heterocycles. The summed E-state index contributed by atoms with van der Waals surface area (Å²) in [5, 5.41) is 13.1. The number of hydrogen-bond acceptors (Lipinski definition) is 2. The summed E-state index contributed by atoms with van der Waals surface area (Å²) in [6, 6.07) is 5.35. The summed E-state index contributed by atoms with van der Waals surface area (Å²) in [6.45, 7) is 4.18. The van der Waals surface area contributed by atoms with Crippen molar-refractivity contribution in [3.63, 3.8) is 0 Å². The van der Waals surface area contributed by atoms with E-state index in [1.165, 1.54) is 12.8 Å². The average molecular weight is 240 g/mol. The minimum Gasteiger partial charge on any atom is -0.506 e. The number of benzene rings is 1. The van der Waals surface area contributed by atoms with E-state index in [1.54, 1.807) is 6.07 Å². The molecule has 1 unspecified atom stereocenters.